The number of nitrogens with two attached hydrogens (primary N) is 1. The summed E-state index contributed by atoms with van der Waals surface area (Å²) in [5, 5.41) is 0. The third-order valence-electron chi connectivity index (χ3n) is 2.55. The van der Waals surface area contributed by atoms with Crippen molar-refractivity contribution in [3.05, 3.63) is 36.0 Å². The lowest BCUT2D eigenvalue weighted by Crippen LogP contribution is -2.00. The van der Waals surface area contributed by atoms with Crippen LogP contribution in [0.1, 0.15) is 5.56 Å². The molecule has 2 N–H and O–H groups in total. The molecule has 0 spiro atoms. The summed E-state index contributed by atoms with van der Waals surface area (Å²) in [6, 6.07) is 7.78. The number of rotatable bonds is 4. The highest BCUT2D eigenvalue weighted by molar-refractivity contribution is 7.97. The number of nitrogen functional groups attached to an aromatic ring is 1. The molecular weight excluding hydrogens is 246 g/mol. The van der Waals surface area contributed by atoms with Gasteiger partial charge in [0, 0.05) is 23.1 Å². The van der Waals surface area contributed by atoms with Crippen LogP contribution >= 0.6 is 11.8 Å². The van der Waals surface area contributed by atoms with Crippen molar-refractivity contribution in [3.63, 3.8) is 0 Å². The van der Waals surface area contributed by atoms with Crippen LogP contribution in [0.4, 0.5) is 5.95 Å². The summed E-state index contributed by atoms with van der Waals surface area (Å²) in [6.45, 7) is 0. The molecule has 4 nitrogen and oxygen atoms in total. The van der Waals surface area contributed by atoms with E-state index < -0.39 is 0 Å². The average Bonchev–Trinajstić information content (AvgIpc) is 2.41. The minimum Gasteiger partial charge on any atom is -0.497 e. The summed E-state index contributed by atoms with van der Waals surface area (Å²) in [7, 11) is 1.65. The average molecular weight is 261 g/mol. The fourth-order valence-electron chi connectivity index (χ4n) is 1.68. The van der Waals surface area contributed by atoms with E-state index in [2.05, 4.69) is 9.97 Å². The van der Waals surface area contributed by atoms with Gasteiger partial charge in [-0.3, -0.25) is 0 Å². The molecule has 1 aromatic heterocycles. The van der Waals surface area contributed by atoms with Gasteiger partial charge in [0.2, 0.25) is 5.95 Å². The van der Waals surface area contributed by atoms with E-state index in [-0.39, 0.29) is 0 Å². The van der Waals surface area contributed by atoms with E-state index in [4.69, 9.17) is 10.5 Å². The van der Waals surface area contributed by atoms with Crippen LogP contribution in [0.15, 0.2) is 30.5 Å². The second-order valence-corrected chi connectivity index (χ2v) is 4.63. The quantitative estimate of drug-likeness (QED) is 0.916. The molecule has 1 heterocycles. The van der Waals surface area contributed by atoms with Crippen LogP contribution in [0.25, 0.3) is 11.3 Å². The molecule has 0 aliphatic heterocycles. The Morgan fingerprint density at radius 1 is 1.28 bits per heavy atom. The lowest BCUT2D eigenvalue weighted by Gasteiger charge is -2.08. The van der Waals surface area contributed by atoms with Crippen molar-refractivity contribution >= 4 is 17.7 Å². The lowest BCUT2D eigenvalue weighted by molar-refractivity contribution is 0.415. The second kappa shape index (κ2) is 5.73. The molecular formula is C13H15N3OS. The first-order valence-corrected chi connectivity index (χ1v) is 6.88. The standard InChI is InChI=1S/C13H15N3OS/c1-17-11-5-3-9(4-6-11)12-10(8-18-2)7-15-13(14)16-12/h3-7H,8H2,1-2H3,(H2,14,15,16). The van der Waals surface area contributed by atoms with Gasteiger partial charge in [0.05, 0.1) is 12.8 Å². The maximum absolute atomic E-state index is 5.66. The Balaban J connectivity index is 2.43. The molecule has 94 valence electrons. The second-order valence-electron chi connectivity index (χ2n) is 3.76. The predicted octanol–water partition coefficient (Wildman–Crippen LogP) is 2.60. The molecule has 0 radical (unpaired) electrons. The highest BCUT2D eigenvalue weighted by atomic mass is 32.2. The molecule has 0 aliphatic carbocycles. The Morgan fingerprint density at radius 3 is 2.61 bits per heavy atom. The van der Waals surface area contributed by atoms with Gasteiger partial charge in [-0.05, 0) is 30.5 Å². The molecule has 0 saturated heterocycles. The minimum atomic E-state index is 0.297. The number of nitrogens with zero attached hydrogens (tertiary/aromatic N) is 2. The molecule has 0 fully saturated rings. The van der Waals surface area contributed by atoms with E-state index in [0.717, 1.165) is 28.3 Å². The fourth-order valence-corrected chi connectivity index (χ4v) is 2.20. The Morgan fingerprint density at radius 2 is 2.00 bits per heavy atom. The van der Waals surface area contributed by atoms with E-state index in [9.17, 15) is 0 Å². The molecule has 0 bridgehead atoms. The van der Waals surface area contributed by atoms with Crippen LogP contribution < -0.4 is 10.5 Å². The van der Waals surface area contributed by atoms with Crippen molar-refractivity contribution in [2.75, 3.05) is 19.1 Å². The summed E-state index contributed by atoms with van der Waals surface area (Å²) in [5.74, 6) is 1.99. The van der Waals surface area contributed by atoms with Gasteiger partial charge in [-0.15, -0.1) is 0 Å². The normalized spacial score (nSPS) is 10.3. The van der Waals surface area contributed by atoms with E-state index in [1.807, 2.05) is 30.5 Å². The number of hydrogen-bond donors (Lipinski definition) is 1. The van der Waals surface area contributed by atoms with Gasteiger partial charge in [-0.1, -0.05) is 0 Å². The molecule has 0 amide bonds. The summed E-state index contributed by atoms with van der Waals surface area (Å²) in [5.41, 5.74) is 8.66. The van der Waals surface area contributed by atoms with Crippen LogP contribution in [0.2, 0.25) is 0 Å². The molecule has 5 heteroatoms. The van der Waals surface area contributed by atoms with Gasteiger partial charge < -0.3 is 10.5 Å². The van der Waals surface area contributed by atoms with Crippen molar-refractivity contribution in [2.45, 2.75) is 5.75 Å². The van der Waals surface area contributed by atoms with E-state index >= 15 is 0 Å². The summed E-state index contributed by atoms with van der Waals surface area (Å²) in [6.07, 6.45) is 3.84. The van der Waals surface area contributed by atoms with E-state index in [1.54, 1.807) is 25.1 Å². The smallest absolute Gasteiger partial charge is 0.220 e. The highest BCUT2D eigenvalue weighted by Gasteiger charge is 2.08. The number of aromatic nitrogens is 2. The fraction of sp³-hybridized carbons (Fsp3) is 0.231. The van der Waals surface area contributed by atoms with Gasteiger partial charge in [0.1, 0.15) is 5.75 Å². The largest absolute Gasteiger partial charge is 0.497 e. The molecule has 0 atom stereocenters. The van der Waals surface area contributed by atoms with Crippen molar-refractivity contribution in [3.8, 4) is 17.0 Å². The first kappa shape index (κ1) is 12.7. The Bertz CT molecular complexity index is 528. The minimum absolute atomic E-state index is 0.297. The van der Waals surface area contributed by atoms with Crippen molar-refractivity contribution in [1.29, 1.82) is 0 Å². The topological polar surface area (TPSA) is 61.0 Å². The zero-order valence-corrected chi connectivity index (χ0v) is 11.2. The molecule has 0 saturated carbocycles. The molecule has 0 unspecified atom stereocenters. The van der Waals surface area contributed by atoms with Crippen LogP contribution in [0, 0.1) is 0 Å². The summed E-state index contributed by atoms with van der Waals surface area (Å²) >= 11 is 1.73. The van der Waals surface area contributed by atoms with Gasteiger partial charge in [-0.25, -0.2) is 9.97 Å². The third kappa shape index (κ3) is 2.73. The molecule has 2 aromatic rings. The van der Waals surface area contributed by atoms with Crippen LogP contribution in [-0.4, -0.2) is 23.3 Å². The van der Waals surface area contributed by atoms with Crippen molar-refractivity contribution in [1.82, 2.24) is 9.97 Å². The zero-order valence-electron chi connectivity index (χ0n) is 10.4. The maximum atomic E-state index is 5.66. The van der Waals surface area contributed by atoms with E-state index in [0.29, 0.717) is 5.95 Å². The Hall–Kier alpha value is -1.75. The van der Waals surface area contributed by atoms with Crippen LogP contribution in [0.3, 0.4) is 0 Å². The van der Waals surface area contributed by atoms with Gasteiger partial charge in [0.25, 0.3) is 0 Å². The number of hydrogen-bond acceptors (Lipinski definition) is 5. The van der Waals surface area contributed by atoms with Gasteiger partial charge >= 0.3 is 0 Å². The number of methoxy groups -OCH3 is 1. The van der Waals surface area contributed by atoms with Crippen molar-refractivity contribution < 1.29 is 4.74 Å². The number of thioether (sulfide) groups is 1. The van der Waals surface area contributed by atoms with Crippen molar-refractivity contribution in [2.24, 2.45) is 0 Å². The van der Waals surface area contributed by atoms with E-state index in [1.165, 1.54) is 0 Å². The summed E-state index contributed by atoms with van der Waals surface area (Å²) < 4.78 is 5.14. The highest BCUT2D eigenvalue weighted by Crippen LogP contribution is 2.26. The first-order valence-electron chi connectivity index (χ1n) is 5.49. The number of benzene rings is 1. The van der Waals surface area contributed by atoms with Gasteiger partial charge in [-0.2, -0.15) is 11.8 Å². The first-order chi connectivity index (χ1) is 8.74. The predicted molar refractivity (Wildman–Crippen MR) is 75.7 cm³/mol. The van der Waals surface area contributed by atoms with Crippen LogP contribution in [-0.2, 0) is 5.75 Å². The third-order valence-corrected chi connectivity index (χ3v) is 3.15. The molecule has 2 rings (SSSR count). The SMILES string of the molecule is COc1ccc(-c2nc(N)ncc2CSC)cc1. The summed E-state index contributed by atoms with van der Waals surface area (Å²) in [4.78, 5) is 8.38. The van der Waals surface area contributed by atoms with Gasteiger partial charge in [0.15, 0.2) is 0 Å². The Kier molecular flexibility index (Phi) is 4.04. The molecule has 18 heavy (non-hydrogen) atoms. The number of anilines is 1. The lowest BCUT2D eigenvalue weighted by atomic mass is 10.1. The monoisotopic (exact) mass is 261 g/mol. The van der Waals surface area contributed by atoms with Crippen LogP contribution in [0.5, 0.6) is 5.75 Å². The molecule has 1 aromatic carbocycles. The molecule has 0 aliphatic rings. The number of ether oxygens (including phenoxy) is 1. The maximum Gasteiger partial charge on any atom is 0.220 e. The Labute approximate surface area is 111 Å². The zero-order chi connectivity index (χ0) is 13.0.